The fraction of sp³-hybridized carbons (Fsp3) is 0.927. The Kier molecular flexibility index (Phi) is 75.5. The van der Waals surface area contributed by atoms with Gasteiger partial charge in [-0.25, -0.2) is 9.59 Å². The Hall–Kier alpha value is 8.09. The molecule has 6 rings (SSSR count). The third-order valence-corrected chi connectivity index (χ3v) is 12.2. The number of rotatable bonds is 17. The van der Waals surface area contributed by atoms with Crippen LogP contribution in [0.4, 0.5) is 18.6 Å². The van der Waals surface area contributed by atoms with E-state index in [9.17, 15) is 59.4 Å². The summed E-state index contributed by atoms with van der Waals surface area (Å²) in [6.45, 7) is 3.36. The second-order valence-corrected chi connectivity index (χ2v) is 19.7. The zero-order valence-corrected chi connectivity index (χ0v) is 88.2. The number of aliphatic hydroxyl groups is 9. The van der Waals surface area contributed by atoms with Crippen molar-refractivity contribution in [2.75, 3.05) is 54.9 Å². The predicted octanol–water partition coefficient (Wildman–Crippen LogP) is -0.756. The molecule has 6 aliphatic rings. The molecule has 0 bridgehead atoms. The first kappa shape index (κ1) is 112. The number of ether oxygens (including phenoxy) is 14. The van der Waals surface area contributed by atoms with Crippen LogP contribution in [0.5, 0.6) is 0 Å². The normalized spacial score (nSPS) is 33.1. The van der Waals surface area contributed by atoms with Gasteiger partial charge in [0.15, 0.2) is 43.3 Å². The summed E-state index contributed by atoms with van der Waals surface area (Å²) < 4.78 is 93.7. The van der Waals surface area contributed by atoms with E-state index in [0.29, 0.717) is 0 Å². The Bertz CT molecular complexity index is 1990. The molecule has 6 saturated heterocycles. The molecule has 47 heteroatoms. The fourth-order valence-electron chi connectivity index (χ4n) is 7.36. The number of methoxy groups -OCH3 is 2. The molecule has 0 aromatic heterocycles. The number of aliphatic hydroxyl groups excluding tert-OH is 9. The van der Waals surface area contributed by atoms with Gasteiger partial charge in [-0.15, -0.1) is 8.96 Å². The van der Waals surface area contributed by atoms with E-state index in [1.54, 1.807) is 35.4 Å². The summed E-state index contributed by atoms with van der Waals surface area (Å²) in [6, 6.07) is -4.17. The summed E-state index contributed by atoms with van der Waals surface area (Å²) in [6.07, 6.45) is -29.1. The van der Waals surface area contributed by atoms with Crippen LogP contribution in [0.1, 0.15) is 35.1 Å². The number of fused-ring (bicyclic) bond motifs is 2. The van der Waals surface area contributed by atoms with Gasteiger partial charge in [0.2, 0.25) is 12.2 Å². The van der Waals surface area contributed by atoms with E-state index >= 15 is 0 Å². The molecule has 13 unspecified atom stereocenters. The van der Waals surface area contributed by atoms with Crippen molar-refractivity contribution in [2.45, 2.75) is 186 Å². The summed E-state index contributed by atoms with van der Waals surface area (Å²) in [5, 5.41) is 104. The SMILES string of the molecule is C.COC.COC.C[C@@H](NF)[C@@H](C)O[C@H]1OC(CO)C(O)[C@H](O[C@@H]2OC(CO)C3OC(=O)O[C@@H]3C2O)C1N=[N+]=[N-].C[C@@H](O)[C@@H](C)NF.[Ac].[Ac].[Ac].[Ac].[Ac].[Ac].[Ac].[Ac].[N-]=[N+]=NC1C(OC(=N)C(Cl)(Cl)Cl)OC(CO)C(O)[C@@H]1O[C@@H]1OC(CO)C2OC(=O)O[C@@H]2C1O. The van der Waals surface area contributed by atoms with Crippen molar-refractivity contribution in [3.8, 4) is 0 Å². The fourth-order valence-corrected chi connectivity index (χ4v) is 7.49. The maximum atomic E-state index is 12.8. The molecule has 490 valence electrons. The Morgan fingerprint density at radius 2 is 0.898 bits per heavy atom. The Labute approximate surface area is 807 Å². The van der Waals surface area contributed by atoms with Crippen molar-refractivity contribution in [3.05, 3.63) is 20.9 Å². The number of azide groups is 2. The molecule has 6 heterocycles. The molecule has 0 aliphatic carbocycles. The molecule has 6 aliphatic heterocycles. The van der Waals surface area contributed by atoms with E-state index in [1.165, 1.54) is 31.8 Å². The van der Waals surface area contributed by atoms with E-state index in [2.05, 4.69) is 29.5 Å². The number of carbonyl (C=O) groups excluding carboxylic acids is 2. The van der Waals surface area contributed by atoms with Crippen molar-refractivity contribution in [3.63, 3.8) is 0 Å². The molecule has 0 spiro atoms. The topological polar surface area (TPSA) is 491 Å². The minimum atomic E-state index is -2.32. The maximum absolute atomic E-state index is 12.8. The predicted molar refractivity (Wildman–Crippen MR) is 264 cm³/mol. The smallest absolute Gasteiger partial charge is 0.448 e. The van der Waals surface area contributed by atoms with Crippen molar-refractivity contribution in [1.29, 1.82) is 5.41 Å². The van der Waals surface area contributed by atoms with E-state index in [0.717, 1.165) is 0 Å². The van der Waals surface area contributed by atoms with Crippen LogP contribution in [0.25, 0.3) is 20.9 Å². The van der Waals surface area contributed by atoms with E-state index in [4.69, 9.17) is 113 Å². The van der Waals surface area contributed by atoms with Crippen molar-refractivity contribution in [2.24, 2.45) is 10.2 Å². The van der Waals surface area contributed by atoms with E-state index in [1.807, 2.05) is 0 Å². The Morgan fingerprint density at radius 3 is 1.18 bits per heavy atom. The summed E-state index contributed by atoms with van der Waals surface area (Å²) >= 11 is 16.8. The number of hydrogen-bond acceptors (Lipinski definition) is 30. The first-order chi connectivity index (χ1) is 37.3. The number of carbonyl (C=O) groups is 2. The monoisotopic (exact) mass is 3050 g/mol. The molecular weight excluding hydrogens is 2980 g/mol. The number of nitrogens with one attached hydrogen (secondary N) is 3. The zero-order chi connectivity index (χ0) is 60.1. The van der Waals surface area contributed by atoms with Crippen molar-refractivity contribution < 1.29 is 483 Å². The average molecular weight is 3050 g/mol. The van der Waals surface area contributed by atoms with Gasteiger partial charge in [0, 0.05) is 391 Å². The van der Waals surface area contributed by atoms with Crippen LogP contribution in [0.2, 0.25) is 0 Å². The van der Waals surface area contributed by atoms with Crippen LogP contribution in [-0.2, 0) is 66.3 Å². The molecule has 88 heavy (non-hydrogen) atoms. The van der Waals surface area contributed by atoms with Gasteiger partial charge in [-0.2, -0.15) is 11.1 Å². The molecule has 24 atom stereocenters. The molecule has 0 saturated carbocycles. The van der Waals surface area contributed by atoms with Gasteiger partial charge >= 0.3 is 12.3 Å². The van der Waals surface area contributed by atoms with Crippen LogP contribution < -0.4 is 11.1 Å². The molecular formula is C41H72Ac8Cl3F2N9O25. The summed E-state index contributed by atoms with van der Waals surface area (Å²) in [5.74, 6) is -0.922. The van der Waals surface area contributed by atoms with Gasteiger partial charge in [0.25, 0.3) is 3.79 Å². The van der Waals surface area contributed by atoms with Crippen LogP contribution in [0.3, 0.4) is 0 Å². The Balaban J connectivity index is -0.000000186. The first-order valence-corrected chi connectivity index (χ1v) is 24.5. The van der Waals surface area contributed by atoms with Gasteiger partial charge in [-0.05, 0) is 38.8 Å². The minimum Gasteiger partial charge on any atom is -0.448 e. The van der Waals surface area contributed by atoms with Crippen LogP contribution in [-0.4, -0.2) is 270 Å². The Morgan fingerprint density at radius 1 is 0.591 bits per heavy atom. The van der Waals surface area contributed by atoms with Gasteiger partial charge in [-0.3, -0.25) is 5.41 Å². The summed E-state index contributed by atoms with van der Waals surface area (Å²) in [7, 11) is 6.50. The standard InChI is InChI=1S/C17H27FN4O11.C15H19Cl3N4O11.C4H10FNO.2C2H6O.CH4.8Ac/c1-5(20-18)6(2)28-15-9(21-22-19)13(10(25)7(3-23)29-15)31-16-11(26)14-12(8(4-24)30-16)32-17(27)33-14;16-15(17,18)13(19)33-11-5(21-22-20)9(6(25)3(1-23)28-11)30-12-7(26)10-8(4(2-24)29-12)31-14(27)32-10;1-3(6-5)4(2)7;2*1-3-2;;;;;;;;;/h5-16,20,23-26H,3-4H2,1-2H3;3-12,19,23-26H,1-2H2;3-4,6-7H,1-2H3;2*1-2H3;1H4;;;;;;;;/t5-,6-,7?,8?,9?,10?,11?,12?,13-,14-,15+,16+;3?,4?,5?,6?,7?,8?,9-,10-,11?,12+;3-,4-;;;;;;;;;;;/m111.........../s1. The van der Waals surface area contributed by atoms with Crippen LogP contribution >= 0.6 is 34.8 Å². The van der Waals surface area contributed by atoms with Gasteiger partial charge < -0.3 is 112 Å². The molecule has 12 N–H and O–H groups in total. The average Bonchev–Trinajstić information content (AvgIpc) is 4.01. The van der Waals surface area contributed by atoms with Gasteiger partial charge in [-0.1, -0.05) is 52.5 Å². The number of nitrogens with zero attached hydrogens (tertiary/aromatic N) is 6. The molecule has 6 fully saturated rings. The number of hydrogen-bond donors (Lipinski definition) is 12. The minimum absolute atomic E-state index is 0. The van der Waals surface area contributed by atoms with Gasteiger partial charge in [0.05, 0.1) is 50.7 Å². The molecule has 8 radical (unpaired) electrons. The third kappa shape index (κ3) is 35.3. The van der Waals surface area contributed by atoms with Gasteiger partial charge in [0.1, 0.15) is 73.1 Å². The van der Waals surface area contributed by atoms with Crippen molar-refractivity contribution in [1.82, 2.24) is 11.1 Å². The molecule has 0 amide bonds. The number of halogens is 5. The number of alkyl halides is 3. The molecule has 0 aromatic rings. The summed E-state index contributed by atoms with van der Waals surface area (Å²) in [4.78, 5) is 28.3. The van der Waals surface area contributed by atoms with Crippen LogP contribution in [0, 0.1) is 358 Å². The second kappa shape index (κ2) is 59.4. The summed E-state index contributed by atoms with van der Waals surface area (Å²) in [5.41, 5.74) is 21.0. The van der Waals surface area contributed by atoms with E-state index < -0.39 is 195 Å². The molecule has 34 nitrogen and oxygen atoms in total. The molecule has 0 aromatic carbocycles. The maximum Gasteiger partial charge on any atom is 0.509 e. The van der Waals surface area contributed by atoms with E-state index in [-0.39, 0.29) is 360 Å². The van der Waals surface area contributed by atoms with Crippen LogP contribution in [0.15, 0.2) is 10.2 Å². The zero-order valence-electron chi connectivity index (χ0n) is 47.9. The quantitative estimate of drug-likeness (QED) is 0.0125. The third-order valence-electron chi connectivity index (χ3n) is 11.7. The first-order valence-electron chi connectivity index (χ1n) is 23.4. The van der Waals surface area contributed by atoms with Crippen molar-refractivity contribution >= 4 is 53.0 Å². The second-order valence-electron chi connectivity index (χ2n) is 17.4. The largest absolute Gasteiger partial charge is 0.509 e.